The molecule has 0 bridgehead atoms. The molecule has 0 radical (unpaired) electrons. The molecule has 0 spiro atoms. The molecular weight excluding hydrogens is 404 g/mol. The lowest BCUT2D eigenvalue weighted by Crippen LogP contribution is -2.40. The first-order valence-electron chi connectivity index (χ1n) is 11.0. The molecule has 1 aromatic heterocycles. The summed E-state index contributed by atoms with van der Waals surface area (Å²) in [5, 5.41) is 2.83. The summed E-state index contributed by atoms with van der Waals surface area (Å²) in [6.45, 7) is 5.31. The number of hydrogen-bond acceptors (Lipinski definition) is 5. The topological polar surface area (TPSA) is 90.4 Å². The van der Waals surface area contributed by atoms with Gasteiger partial charge in [-0.25, -0.2) is 18.6 Å². The quantitative estimate of drug-likeness (QED) is 0.635. The maximum Gasteiger partial charge on any atom is 0.408 e. The maximum absolute atomic E-state index is 13.7. The number of carbonyl (C=O) groups is 1. The highest BCUT2D eigenvalue weighted by Crippen LogP contribution is 2.43. The molecule has 31 heavy (non-hydrogen) atoms. The van der Waals surface area contributed by atoms with Crippen molar-refractivity contribution in [2.45, 2.75) is 82.9 Å². The van der Waals surface area contributed by atoms with Crippen LogP contribution in [0.2, 0.25) is 0 Å². The summed E-state index contributed by atoms with van der Waals surface area (Å²) >= 11 is 0. The number of aromatic nitrogens is 1. The fraction of sp³-hybridized carbons (Fsp3) is 0.652. The molecule has 2 saturated carbocycles. The fourth-order valence-electron chi connectivity index (χ4n) is 4.24. The molecule has 6 nitrogen and oxygen atoms in total. The van der Waals surface area contributed by atoms with E-state index in [-0.39, 0.29) is 37.6 Å². The number of alkyl halides is 2. The van der Waals surface area contributed by atoms with E-state index in [1.165, 1.54) is 0 Å². The van der Waals surface area contributed by atoms with Crippen LogP contribution < -0.4 is 11.1 Å². The Hall–Kier alpha value is -2.22. The number of amides is 1. The number of carbonyl (C=O) groups excluding carboxylic acids is 1. The molecule has 1 heterocycles. The van der Waals surface area contributed by atoms with Gasteiger partial charge in [0, 0.05) is 18.9 Å². The van der Waals surface area contributed by atoms with Crippen LogP contribution in [-0.4, -0.2) is 22.6 Å². The highest BCUT2D eigenvalue weighted by atomic mass is 19.3. The van der Waals surface area contributed by atoms with Crippen LogP contribution >= 0.6 is 0 Å². The molecule has 0 saturated heterocycles. The molecule has 1 amide bonds. The predicted molar refractivity (Wildman–Crippen MR) is 113 cm³/mol. The van der Waals surface area contributed by atoms with Gasteiger partial charge >= 0.3 is 6.09 Å². The van der Waals surface area contributed by atoms with Gasteiger partial charge in [-0.2, -0.15) is 0 Å². The Bertz CT molecular complexity index is 939. The van der Waals surface area contributed by atoms with Crippen molar-refractivity contribution in [1.82, 2.24) is 10.3 Å². The number of fused-ring (bicyclic) bond motifs is 1. The smallest absolute Gasteiger partial charge is 0.408 e. The molecule has 2 fully saturated rings. The van der Waals surface area contributed by atoms with Gasteiger partial charge in [0.15, 0.2) is 5.58 Å². The summed E-state index contributed by atoms with van der Waals surface area (Å²) in [5.41, 5.74) is 7.88. The van der Waals surface area contributed by atoms with Gasteiger partial charge in [-0.05, 0) is 76.0 Å². The van der Waals surface area contributed by atoms with E-state index in [2.05, 4.69) is 10.3 Å². The van der Waals surface area contributed by atoms with Crippen molar-refractivity contribution < 1.29 is 22.7 Å². The summed E-state index contributed by atoms with van der Waals surface area (Å²) in [6.07, 6.45) is 1.76. The lowest BCUT2D eigenvalue weighted by Gasteiger charge is -2.33. The van der Waals surface area contributed by atoms with Crippen LogP contribution in [0.1, 0.15) is 82.8 Å². The third-order valence-corrected chi connectivity index (χ3v) is 6.11. The van der Waals surface area contributed by atoms with Gasteiger partial charge in [0.25, 0.3) is 0 Å². The average Bonchev–Trinajstić information content (AvgIpc) is 3.43. The number of rotatable bonds is 5. The summed E-state index contributed by atoms with van der Waals surface area (Å²) in [7, 11) is 0. The Morgan fingerprint density at radius 2 is 1.90 bits per heavy atom. The van der Waals surface area contributed by atoms with Gasteiger partial charge in [-0.15, -0.1) is 0 Å². The summed E-state index contributed by atoms with van der Waals surface area (Å²) in [6, 6.07) is 5.03. The molecule has 8 heteroatoms. The van der Waals surface area contributed by atoms with Gasteiger partial charge in [0.05, 0.1) is 0 Å². The first kappa shape index (κ1) is 22.0. The zero-order valence-electron chi connectivity index (χ0n) is 18.3. The number of hydrogen-bond donors (Lipinski definition) is 2. The third kappa shape index (κ3) is 5.34. The Balaban J connectivity index is 1.60. The Morgan fingerprint density at radius 1 is 1.23 bits per heavy atom. The van der Waals surface area contributed by atoms with E-state index < -0.39 is 23.7 Å². The normalized spacial score (nSPS) is 21.6. The van der Waals surface area contributed by atoms with E-state index in [1.807, 2.05) is 18.2 Å². The van der Waals surface area contributed by atoms with Crippen LogP contribution in [0.25, 0.3) is 11.1 Å². The molecule has 2 aliphatic rings. The third-order valence-electron chi connectivity index (χ3n) is 6.11. The molecule has 170 valence electrons. The molecule has 2 atom stereocenters. The minimum Gasteiger partial charge on any atom is -0.444 e. The molecule has 1 unspecified atom stereocenters. The van der Waals surface area contributed by atoms with Crippen molar-refractivity contribution in [3.05, 3.63) is 29.7 Å². The van der Waals surface area contributed by atoms with Crippen molar-refractivity contribution in [3.8, 4) is 0 Å². The van der Waals surface area contributed by atoms with Crippen LogP contribution in [0.3, 0.4) is 0 Å². The molecule has 0 aliphatic heterocycles. The zero-order valence-corrected chi connectivity index (χ0v) is 18.3. The highest BCUT2D eigenvalue weighted by Gasteiger charge is 2.40. The number of ether oxygens (including phenoxy) is 1. The van der Waals surface area contributed by atoms with E-state index in [1.54, 1.807) is 20.8 Å². The van der Waals surface area contributed by atoms with Crippen molar-refractivity contribution in [3.63, 3.8) is 0 Å². The Morgan fingerprint density at radius 3 is 2.52 bits per heavy atom. The lowest BCUT2D eigenvalue weighted by molar-refractivity contribution is -0.0509. The van der Waals surface area contributed by atoms with E-state index in [0.717, 1.165) is 18.4 Å². The SMILES string of the molecule is CC(C)(C)OC(=O)N[C@H](c1nc2cc(C(N)C3CC3)ccc2o1)C1CCC(F)(F)CC1. The Kier molecular flexibility index (Phi) is 5.70. The monoisotopic (exact) mass is 435 g/mol. The second kappa shape index (κ2) is 8.04. The van der Waals surface area contributed by atoms with Crippen LogP contribution in [0.15, 0.2) is 22.6 Å². The van der Waals surface area contributed by atoms with Crippen molar-refractivity contribution in [2.75, 3.05) is 0 Å². The van der Waals surface area contributed by atoms with Gasteiger partial charge in [-0.3, -0.25) is 0 Å². The second-order valence-corrected chi connectivity index (χ2v) is 9.96. The van der Waals surface area contributed by atoms with E-state index in [0.29, 0.717) is 22.9 Å². The molecular formula is C23H31F2N3O3. The van der Waals surface area contributed by atoms with Crippen molar-refractivity contribution in [2.24, 2.45) is 17.6 Å². The standard InChI is InChI=1S/C23H31F2N3O3/c1-22(2,3)31-21(29)28-19(14-8-10-23(24,25)11-9-14)20-27-16-12-15(6-7-17(16)30-20)18(26)13-4-5-13/h6-7,12-14,18-19H,4-5,8-11,26H2,1-3H3,(H,28,29)/t18?,19-/m0/s1. The molecule has 1 aromatic carbocycles. The van der Waals surface area contributed by atoms with Gasteiger partial charge in [0.1, 0.15) is 17.2 Å². The summed E-state index contributed by atoms with van der Waals surface area (Å²) < 4.78 is 38.8. The minimum atomic E-state index is -2.66. The lowest BCUT2D eigenvalue weighted by atomic mass is 9.82. The van der Waals surface area contributed by atoms with E-state index in [9.17, 15) is 13.6 Å². The Labute approximate surface area is 180 Å². The van der Waals surface area contributed by atoms with Gasteiger partial charge < -0.3 is 20.2 Å². The molecule has 3 N–H and O–H groups in total. The fourth-order valence-corrected chi connectivity index (χ4v) is 4.24. The average molecular weight is 436 g/mol. The minimum absolute atomic E-state index is 0.0270. The maximum atomic E-state index is 13.7. The molecule has 2 aliphatic carbocycles. The number of alkyl carbamates (subject to hydrolysis) is 1. The van der Waals surface area contributed by atoms with Crippen LogP contribution in [0.5, 0.6) is 0 Å². The number of halogens is 2. The van der Waals surface area contributed by atoms with Crippen LogP contribution in [-0.2, 0) is 4.74 Å². The zero-order chi connectivity index (χ0) is 22.4. The second-order valence-electron chi connectivity index (χ2n) is 9.96. The summed E-state index contributed by atoms with van der Waals surface area (Å²) in [5.74, 6) is -2.06. The largest absolute Gasteiger partial charge is 0.444 e. The number of nitrogens with zero attached hydrogens (tertiary/aromatic N) is 1. The first-order chi connectivity index (χ1) is 14.5. The van der Waals surface area contributed by atoms with Crippen LogP contribution in [0, 0.1) is 11.8 Å². The van der Waals surface area contributed by atoms with Gasteiger partial charge in [-0.1, -0.05) is 6.07 Å². The number of oxazole rings is 1. The molecule has 4 rings (SSSR count). The predicted octanol–water partition coefficient (Wildman–Crippen LogP) is 5.63. The van der Waals surface area contributed by atoms with Gasteiger partial charge in [0.2, 0.25) is 11.8 Å². The number of benzene rings is 1. The first-order valence-corrected chi connectivity index (χ1v) is 11.0. The highest BCUT2D eigenvalue weighted by molar-refractivity contribution is 5.74. The van der Waals surface area contributed by atoms with Crippen molar-refractivity contribution >= 4 is 17.2 Å². The number of nitrogens with one attached hydrogen (secondary N) is 1. The van der Waals surface area contributed by atoms with Crippen LogP contribution in [0.4, 0.5) is 13.6 Å². The van der Waals surface area contributed by atoms with Crippen molar-refractivity contribution in [1.29, 1.82) is 0 Å². The van der Waals surface area contributed by atoms with E-state index in [4.69, 9.17) is 14.9 Å². The molecule has 2 aromatic rings. The summed E-state index contributed by atoms with van der Waals surface area (Å²) in [4.78, 5) is 17.1. The number of nitrogens with two attached hydrogens (primary N) is 1. The van der Waals surface area contributed by atoms with E-state index >= 15 is 0 Å².